The maximum atomic E-state index is 11.0. The van der Waals surface area contributed by atoms with Crippen molar-refractivity contribution in [3.05, 3.63) is 11.6 Å². The summed E-state index contributed by atoms with van der Waals surface area (Å²) in [5, 5.41) is 0. The summed E-state index contributed by atoms with van der Waals surface area (Å²) in [7, 11) is 0. The lowest BCUT2D eigenvalue weighted by atomic mass is 9.86. The third-order valence-corrected chi connectivity index (χ3v) is 2.97. The second-order valence-electron chi connectivity index (χ2n) is 3.41. The fourth-order valence-corrected chi connectivity index (χ4v) is 2.46. The molecule has 0 spiro atoms. The third-order valence-electron chi connectivity index (χ3n) is 2.04. The third kappa shape index (κ3) is 1.91. The minimum absolute atomic E-state index is 0.0721. The van der Waals surface area contributed by atoms with Crippen LogP contribution < -0.4 is 0 Å². The van der Waals surface area contributed by atoms with Crippen molar-refractivity contribution in [1.29, 1.82) is 0 Å². The van der Waals surface area contributed by atoms with E-state index in [0.29, 0.717) is 12.4 Å². The molecular weight excluding hydrogens is 160 g/mol. The Hall–Kier alpha value is -0.150. The molecule has 1 aliphatic rings. The van der Waals surface area contributed by atoms with Crippen LogP contribution in [0.2, 0.25) is 0 Å². The Morgan fingerprint density at radius 1 is 1.64 bits per heavy atom. The van der Waals surface area contributed by atoms with Crippen LogP contribution in [-0.2, 0) is 15.3 Å². The van der Waals surface area contributed by atoms with Crippen LogP contribution >= 0.6 is 0 Å². The predicted molar refractivity (Wildman–Crippen MR) is 46.5 cm³/mol. The molecule has 2 nitrogen and oxygen atoms in total. The molecule has 3 heteroatoms. The topological polar surface area (TPSA) is 26.3 Å². The van der Waals surface area contributed by atoms with Gasteiger partial charge in [-0.1, -0.05) is 25.5 Å². The number of allylic oxidation sites excluding steroid dienone is 1. The van der Waals surface area contributed by atoms with E-state index in [1.165, 1.54) is 5.57 Å². The fourth-order valence-electron chi connectivity index (χ4n) is 1.14. The molecule has 11 heavy (non-hydrogen) atoms. The molecule has 0 amide bonds. The first-order chi connectivity index (χ1) is 5.06. The standard InChI is InChI=1S/C8H14O2S/c1-4-7-5-11(9)10-6-8(7,2)3/h4H,5-6H2,1-3H3/b7-4+. The first kappa shape index (κ1) is 8.94. The predicted octanol–water partition coefficient (Wildman–Crippen LogP) is 1.65. The van der Waals surface area contributed by atoms with E-state index in [9.17, 15) is 4.21 Å². The van der Waals surface area contributed by atoms with Crippen molar-refractivity contribution in [2.75, 3.05) is 12.4 Å². The first-order valence-corrected chi connectivity index (χ1v) is 4.98. The SMILES string of the molecule is C/C=C1\CS(=O)OCC1(C)C. The summed E-state index contributed by atoms with van der Waals surface area (Å²) in [5.74, 6) is 0.573. The van der Waals surface area contributed by atoms with E-state index < -0.39 is 11.1 Å². The van der Waals surface area contributed by atoms with Gasteiger partial charge in [0, 0.05) is 5.41 Å². The van der Waals surface area contributed by atoms with E-state index in [4.69, 9.17) is 4.18 Å². The van der Waals surface area contributed by atoms with E-state index >= 15 is 0 Å². The van der Waals surface area contributed by atoms with Crippen molar-refractivity contribution < 1.29 is 8.39 Å². The molecule has 0 radical (unpaired) electrons. The maximum Gasteiger partial charge on any atom is 0.159 e. The van der Waals surface area contributed by atoms with Gasteiger partial charge in [-0.3, -0.25) is 4.18 Å². The van der Waals surface area contributed by atoms with E-state index in [2.05, 4.69) is 13.8 Å². The zero-order chi connectivity index (χ0) is 8.48. The maximum absolute atomic E-state index is 11.0. The van der Waals surface area contributed by atoms with Gasteiger partial charge in [0.25, 0.3) is 0 Å². The largest absolute Gasteiger partial charge is 0.289 e. The smallest absolute Gasteiger partial charge is 0.159 e. The highest BCUT2D eigenvalue weighted by Gasteiger charge is 2.30. The van der Waals surface area contributed by atoms with Crippen molar-refractivity contribution in [3.63, 3.8) is 0 Å². The van der Waals surface area contributed by atoms with Gasteiger partial charge in [-0.15, -0.1) is 0 Å². The van der Waals surface area contributed by atoms with Crippen LogP contribution in [0.15, 0.2) is 11.6 Å². The molecule has 64 valence electrons. The number of hydrogen-bond acceptors (Lipinski definition) is 2. The van der Waals surface area contributed by atoms with Crippen molar-refractivity contribution >= 4 is 11.1 Å². The molecule has 1 saturated heterocycles. The second kappa shape index (κ2) is 3.07. The van der Waals surface area contributed by atoms with Gasteiger partial charge in [0.2, 0.25) is 0 Å². The van der Waals surface area contributed by atoms with Crippen LogP contribution in [0.3, 0.4) is 0 Å². The molecule has 0 saturated carbocycles. The molecule has 1 unspecified atom stereocenters. The number of hydrogen-bond donors (Lipinski definition) is 0. The number of rotatable bonds is 0. The molecule has 1 rings (SSSR count). The van der Waals surface area contributed by atoms with Gasteiger partial charge in [0.05, 0.1) is 12.4 Å². The van der Waals surface area contributed by atoms with Crippen molar-refractivity contribution in [1.82, 2.24) is 0 Å². The van der Waals surface area contributed by atoms with Gasteiger partial charge in [0.15, 0.2) is 11.1 Å². The van der Waals surface area contributed by atoms with E-state index in [-0.39, 0.29) is 5.41 Å². The molecule has 0 aromatic heterocycles. The summed E-state index contributed by atoms with van der Waals surface area (Å²) < 4.78 is 16.0. The van der Waals surface area contributed by atoms with Gasteiger partial charge in [-0.05, 0) is 6.92 Å². The Kier molecular flexibility index (Phi) is 2.50. The van der Waals surface area contributed by atoms with Crippen molar-refractivity contribution in [2.45, 2.75) is 20.8 Å². The second-order valence-corrected chi connectivity index (χ2v) is 4.54. The molecule has 0 aromatic carbocycles. The monoisotopic (exact) mass is 174 g/mol. The van der Waals surface area contributed by atoms with Gasteiger partial charge in [-0.25, -0.2) is 4.21 Å². The van der Waals surface area contributed by atoms with Crippen LogP contribution in [0.4, 0.5) is 0 Å². The minimum atomic E-state index is -1.09. The zero-order valence-corrected chi connectivity index (χ0v) is 8.03. The highest BCUT2D eigenvalue weighted by molar-refractivity contribution is 7.80. The molecule has 1 aliphatic heterocycles. The van der Waals surface area contributed by atoms with E-state index in [0.717, 1.165) is 0 Å². The summed E-state index contributed by atoms with van der Waals surface area (Å²) in [4.78, 5) is 0. The average Bonchev–Trinajstić information content (AvgIpc) is 1.94. The average molecular weight is 174 g/mol. The molecule has 1 atom stereocenters. The minimum Gasteiger partial charge on any atom is -0.289 e. The van der Waals surface area contributed by atoms with Crippen LogP contribution in [-0.4, -0.2) is 16.6 Å². The molecule has 0 aliphatic carbocycles. The molecule has 1 fully saturated rings. The lowest BCUT2D eigenvalue weighted by Crippen LogP contribution is -2.31. The summed E-state index contributed by atoms with van der Waals surface area (Å²) in [6.07, 6.45) is 2.04. The van der Waals surface area contributed by atoms with Crippen LogP contribution in [0.25, 0.3) is 0 Å². The molecule has 0 aromatic rings. The fraction of sp³-hybridized carbons (Fsp3) is 0.750. The highest BCUT2D eigenvalue weighted by Crippen LogP contribution is 2.31. The van der Waals surface area contributed by atoms with Gasteiger partial charge >= 0.3 is 0 Å². The van der Waals surface area contributed by atoms with Crippen molar-refractivity contribution in [2.24, 2.45) is 5.41 Å². The Labute approximate surface area is 70.3 Å². The van der Waals surface area contributed by atoms with Crippen molar-refractivity contribution in [3.8, 4) is 0 Å². The zero-order valence-electron chi connectivity index (χ0n) is 7.22. The summed E-state index contributed by atoms with van der Waals surface area (Å²) in [5.41, 5.74) is 1.31. The van der Waals surface area contributed by atoms with Gasteiger partial charge in [-0.2, -0.15) is 0 Å². The van der Waals surface area contributed by atoms with Gasteiger partial charge in [0.1, 0.15) is 0 Å². The van der Waals surface area contributed by atoms with Gasteiger partial charge < -0.3 is 0 Å². The Morgan fingerprint density at radius 3 is 2.73 bits per heavy atom. The van der Waals surface area contributed by atoms with E-state index in [1.807, 2.05) is 13.0 Å². The first-order valence-electron chi connectivity index (χ1n) is 3.73. The molecule has 0 N–H and O–H groups in total. The quantitative estimate of drug-likeness (QED) is 0.522. The van der Waals surface area contributed by atoms with Crippen LogP contribution in [0.5, 0.6) is 0 Å². The Bertz CT molecular complexity index is 206. The Balaban J connectivity index is 2.80. The normalized spacial score (nSPS) is 34.1. The van der Waals surface area contributed by atoms with Crippen LogP contribution in [0, 0.1) is 5.41 Å². The molecular formula is C8H14O2S. The lowest BCUT2D eigenvalue weighted by Gasteiger charge is -2.31. The highest BCUT2D eigenvalue weighted by atomic mass is 32.2. The molecule has 1 heterocycles. The lowest BCUT2D eigenvalue weighted by molar-refractivity contribution is 0.216. The summed E-state index contributed by atoms with van der Waals surface area (Å²) >= 11 is -1.09. The summed E-state index contributed by atoms with van der Waals surface area (Å²) in [6, 6.07) is 0. The summed E-state index contributed by atoms with van der Waals surface area (Å²) in [6.45, 7) is 6.77. The van der Waals surface area contributed by atoms with Crippen LogP contribution in [0.1, 0.15) is 20.8 Å². The van der Waals surface area contributed by atoms with E-state index in [1.54, 1.807) is 0 Å². The molecule has 0 bridgehead atoms. The Morgan fingerprint density at radius 2 is 2.27 bits per heavy atom.